The number of carbonyl (C=O) groups excluding carboxylic acids is 1. The Morgan fingerprint density at radius 1 is 1.24 bits per heavy atom. The maximum atomic E-state index is 12.6. The summed E-state index contributed by atoms with van der Waals surface area (Å²) in [5, 5.41) is 12.0. The first-order chi connectivity index (χ1) is 11.9. The standard InChI is InChI=1S/C17H15N3O4S/c1-9-13-16(18-10(2)20(17(13)24)8-12(21)22)25-14(9)15(23)19-11-6-4-3-5-7-11/h3-7H,8H2,1-2H3,(H,19,23)(H,21,22). The number of aryl methyl sites for hydroxylation is 2. The van der Waals surface area contributed by atoms with Crippen molar-refractivity contribution in [2.45, 2.75) is 20.4 Å². The highest BCUT2D eigenvalue weighted by atomic mass is 32.1. The van der Waals surface area contributed by atoms with Gasteiger partial charge in [-0.05, 0) is 31.5 Å². The number of para-hydroxylation sites is 1. The van der Waals surface area contributed by atoms with Crippen LogP contribution in [0.2, 0.25) is 0 Å². The number of aliphatic carboxylic acids is 1. The molecule has 0 bridgehead atoms. The van der Waals surface area contributed by atoms with Crippen LogP contribution >= 0.6 is 11.3 Å². The molecule has 8 heteroatoms. The maximum absolute atomic E-state index is 12.6. The van der Waals surface area contributed by atoms with Gasteiger partial charge in [0.25, 0.3) is 11.5 Å². The van der Waals surface area contributed by atoms with E-state index in [0.717, 1.165) is 15.9 Å². The Morgan fingerprint density at radius 2 is 1.92 bits per heavy atom. The number of carboxylic acids is 1. The van der Waals surface area contributed by atoms with E-state index in [1.165, 1.54) is 0 Å². The summed E-state index contributed by atoms with van der Waals surface area (Å²) in [5.41, 5.74) is 0.708. The molecule has 2 heterocycles. The van der Waals surface area contributed by atoms with Crippen LogP contribution in [0.5, 0.6) is 0 Å². The van der Waals surface area contributed by atoms with Crippen LogP contribution in [0.3, 0.4) is 0 Å². The number of amides is 1. The van der Waals surface area contributed by atoms with Crippen LogP contribution in [-0.2, 0) is 11.3 Å². The molecule has 2 aromatic heterocycles. The summed E-state index contributed by atoms with van der Waals surface area (Å²) < 4.78 is 1.10. The molecule has 0 radical (unpaired) electrons. The van der Waals surface area contributed by atoms with Gasteiger partial charge in [-0.3, -0.25) is 19.0 Å². The third-order valence-corrected chi connectivity index (χ3v) is 4.96. The Kier molecular flexibility index (Phi) is 4.37. The number of anilines is 1. The molecule has 0 aliphatic carbocycles. The molecule has 0 saturated heterocycles. The summed E-state index contributed by atoms with van der Waals surface area (Å²) >= 11 is 1.12. The van der Waals surface area contributed by atoms with Gasteiger partial charge in [0, 0.05) is 5.69 Å². The van der Waals surface area contributed by atoms with E-state index in [2.05, 4.69) is 10.3 Å². The number of hydrogen-bond donors (Lipinski definition) is 2. The second-order valence-electron chi connectivity index (χ2n) is 5.50. The third kappa shape index (κ3) is 3.16. The zero-order valence-corrected chi connectivity index (χ0v) is 14.4. The van der Waals surface area contributed by atoms with Crippen molar-refractivity contribution in [3.05, 3.63) is 57.0 Å². The normalized spacial score (nSPS) is 10.8. The lowest BCUT2D eigenvalue weighted by molar-refractivity contribution is -0.137. The smallest absolute Gasteiger partial charge is 0.323 e. The van der Waals surface area contributed by atoms with Gasteiger partial charge < -0.3 is 10.4 Å². The molecular weight excluding hydrogens is 342 g/mol. The predicted octanol–water partition coefficient (Wildman–Crippen LogP) is 2.41. The minimum atomic E-state index is -1.12. The van der Waals surface area contributed by atoms with Crippen molar-refractivity contribution in [3.63, 3.8) is 0 Å². The fourth-order valence-corrected chi connectivity index (χ4v) is 3.68. The van der Waals surface area contributed by atoms with Crippen LogP contribution in [0.15, 0.2) is 35.1 Å². The van der Waals surface area contributed by atoms with Crippen molar-refractivity contribution in [2.75, 3.05) is 5.32 Å². The molecule has 25 heavy (non-hydrogen) atoms. The summed E-state index contributed by atoms with van der Waals surface area (Å²) in [6.07, 6.45) is 0. The van der Waals surface area contributed by atoms with Crippen LogP contribution < -0.4 is 10.9 Å². The Balaban J connectivity index is 2.08. The van der Waals surface area contributed by atoms with Crippen molar-refractivity contribution < 1.29 is 14.7 Å². The number of fused-ring (bicyclic) bond motifs is 1. The lowest BCUT2D eigenvalue weighted by Crippen LogP contribution is -2.27. The van der Waals surface area contributed by atoms with E-state index in [4.69, 9.17) is 5.11 Å². The number of benzene rings is 1. The van der Waals surface area contributed by atoms with Crippen molar-refractivity contribution in [1.82, 2.24) is 9.55 Å². The SMILES string of the molecule is Cc1c(C(=O)Nc2ccccc2)sc2nc(C)n(CC(=O)O)c(=O)c12. The van der Waals surface area contributed by atoms with Crippen LogP contribution in [0.4, 0.5) is 5.69 Å². The maximum Gasteiger partial charge on any atom is 0.323 e. The summed E-state index contributed by atoms with van der Waals surface area (Å²) in [7, 11) is 0. The molecule has 3 rings (SSSR count). The Labute approximate surface area is 146 Å². The molecule has 0 unspecified atom stereocenters. The summed E-state index contributed by atoms with van der Waals surface area (Å²) in [5.74, 6) is -1.15. The minimum absolute atomic E-state index is 0.287. The largest absolute Gasteiger partial charge is 0.480 e. The molecule has 0 fully saturated rings. The molecule has 0 spiro atoms. The zero-order valence-electron chi connectivity index (χ0n) is 13.6. The number of nitrogens with one attached hydrogen (secondary N) is 1. The zero-order chi connectivity index (χ0) is 18.1. The van der Waals surface area contributed by atoms with Crippen molar-refractivity contribution in [2.24, 2.45) is 0 Å². The molecule has 0 aliphatic rings. The predicted molar refractivity (Wildman–Crippen MR) is 95.4 cm³/mol. The van der Waals surface area contributed by atoms with Crippen molar-refractivity contribution >= 4 is 39.1 Å². The second-order valence-corrected chi connectivity index (χ2v) is 6.50. The molecule has 0 atom stereocenters. The first kappa shape index (κ1) is 16.8. The van der Waals surface area contributed by atoms with Gasteiger partial charge in [-0.1, -0.05) is 18.2 Å². The van der Waals surface area contributed by atoms with E-state index in [1.807, 2.05) is 18.2 Å². The van der Waals surface area contributed by atoms with Gasteiger partial charge >= 0.3 is 5.97 Å². The van der Waals surface area contributed by atoms with Crippen LogP contribution in [0.1, 0.15) is 21.1 Å². The first-order valence-corrected chi connectivity index (χ1v) is 8.29. The van der Waals surface area contributed by atoms with Gasteiger partial charge in [0.05, 0.1) is 10.3 Å². The van der Waals surface area contributed by atoms with E-state index in [9.17, 15) is 14.4 Å². The highest BCUT2D eigenvalue weighted by Crippen LogP contribution is 2.28. The molecule has 2 N–H and O–H groups in total. The van der Waals surface area contributed by atoms with E-state index in [-0.39, 0.29) is 11.3 Å². The fraction of sp³-hybridized carbons (Fsp3) is 0.176. The summed E-state index contributed by atoms with van der Waals surface area (Å²) in [4.78, 5) is 41.2. The molecule has 0 saturated carbocycles. The number of nitrogens with zero attached hydrogens (tertiary/aromatic N) is 2. The highest BCUT2D eigenvalue weighted by molar-refractivity contribution is 7.20. The number of rotatable bonds is 4. The van der Waals surface area contributed by atoms with E-state index in [0.29, 0.717) is 26.8 Å². The first-order valence-electron chi connectivity index (χ1n) is 7.47. The summed E-state index contributed by atoms with van der Waals surface area (Å²) in [6, 6.07) is 9.00. The lowest BCUT2D eigenvalue weighted by atomic mass is 10.2. The topological polar surface area (TPSA) is 101 Å². The molecule has 1 amide bonds. The molecular formula is C17H15N3O4S. The van der Waals surface area contributed by atoms with Gasteiger partial charge in [-0.25, -0.2) is 4.98 Å². The average molecular weight is 357 g/mol. The van der Waals surface area contributed by atoms with E-state index >= 15 is 0 Å². The number of thiophene rings is 1. The minimum Gasteiger partial charge on any atom is -0.480 e. The van der Waals surface area contributed by atoms with Crippen molar-refractivity contribution in [1.29, 1.82) is 0 Å². The number of aromatic nitrogens is 2. The fourth-order valence-electron chi connectivity index (χ4n) is 2.57. The molecule has 128 valence electrons. The number of carboxylic acid groups (broad SMARTS) is 1. The summed E-state index contributed by atoms with van der Waals surface area (Å²) in [6.45, 7) is 2.78. The average Bonchev–Trinajstić information content (AvgIpc) is 2.89. The number of hydrogen-bond acceptors (Lipinski definition) is 5. The second kappa shape index (κ2) is 6.48. The van der Waals surface area contributed by atoms with Crippen molar-refractivity contribution in [3.8, 4) is 0 Å². The van der Waals surface area contributed by atoms with Gasteiger partial charge in [0.1, 0.15) is 17.2 Å². The molecule has 0 aliphatic heterocycles. The van der Waals surface area contributed by atoms with E-state index < -0.39 is 18.1 Å². The monoisotopic (exact) mass is 357 g/mol. The lowest BCUT2D eigenvalue weighted by Gasteiger charge is -2.06. The highest BCUT2D eigenvalue weighted by Gasteiger charge is 2.21. The van der Waals surface area contributed by atoms with Gasteiger partial charge in [-0.15, -0.1) is 11.3 Å². The molecule has 3 aromatic rings. The van der Waals surface area contributed by atoms with Crippen LogP contribution in [0.25, 0.3) is 10.2 Å². The quantitative estimate of drug-likeness (QED) is 0.747. The number of carbonyl (C=O) groups is 2. The Hall–Kier alpha value is -3.00. The van der Waals surface area contributed by atoms with Gasteiger partial charge in [0.15, 0.2) is 0 Å². The Bertz CT molecular complexity index is 1040. The van der Waals surface area contributed by atoms with Gasteiger partial charge in [-0.2, -0.15) is 0 Å². The van der Waals surface area contributed by atoms with E-state index in [1.54, 1.807) is 26.0 Å². The molecule has 7 nitrogen and oxygen atoms in total. The van der Waals surface area contributed by atoms with Crippen LogP contribution in [0, 0.1) is 13.8 Å². The van der Waals surface area contributed by atoms with Crippen LogP contribution in [-0.4, -0.2) is 26.5 Å². The van der Waals surface area contributed by atoms with Gasteiger partial charge in [0.2, 0.25) is 0 Å². The third-order valence-electron chi connectivity index (χ3n) is 3.77. The molecule has 1 aromatic carbocycles. The Morgan fingerprint density at radius 3 is 2.56 bits per heavy atom.